The average molecular weight is 239 g/mol. The van der Waals surface area contributed by atoms with Gasteiger partial charge in [-0.2, -0.15) is 17.6 Å². The summed E-state index contributed by atoms with van der Waals surface area (Å²) in [7, 11) is 0. The van der Waals surface area contributed by atoms with E-state index in [1.807, 2.05) is 0 Å². The molecule has 0 amide bonds. The normalized spacial score (nSPS) is 13.9. The molecule has 0 radical (unpaired) electrons. The summed E-state index contributed by atoms with van der Waals surface area (Å²) in [4.78, 5) is 13.4. The molecule has 2 unspecified atom stereocenters. The van der Waals surface area contributed by atoms with Crippen LogP contribution in [-0.2, 0) is 4.79 Å². The number of aliphatic hydroxyl groups excluding tert-OH is 2. The smallest absolute Gasteiger partial charge is 0.240 e. The summed E-state index contributed by atoms with van der Waals surface area (Å²) >= 11 is 3.98. The Bertz CT molecular complexity index is 373. The third-order valence-corrected chi connectivity index (χ3v) is 2.46. The number of nitrogens with zero attached hydrogens (tertiary/aromatic N) is 1. The third kappa shape index (κ3) is 3.47. The average Bonchev–Trinajstić information content (AvgIpc) is 2.30. The van der Waals surface area contributed by atoms with Crippen LogP contribution in [-0.4, -0.2) is 28.1 Å². The van der Waals surface area contributed by atoms with Crippen molar-refractivity contribution in [1.82, 2.24) is 0 Å². The van der Waals surface area contributed by atoms with E-state index in [0.29, 0.717) is 23.4 Å². The zero-order chi connectivity index (χ0) is 12.0. The largest absolute Gasteiger partial charge is 0.390 e. The fraction of sp³-hybridized carbons (Fsp3) is 0.364. The van der Waals surface area contributed by atoms with Gasteiger partial charge in [-0.3, -0.25) is 0 Å². The topological polar surface area (TPSA) is 69.9 Å². The Balaban J connectivity index is 2.76. The van der Waals surface area contributed by atoms with Gasteiger partial charge in [-0.25, -0.2) is 4.79 Å². The fourth-order valence-electron chi connectivity index (χ4n) is 1.31. The Morgan fingerprint density at radius 1 is 1.31 bits per heavy atom. The van der Waals surface area contributed by atoms with Crippen LogP contribution in [0.2, 0.25) is 0 Å². The molecule has 0 aliphatic heterocycles. The van der Waals surface area contributed by atoms with Crippen molar-refractivity contribution in [3.8, 4) is 0 Å². The van der Waals surface area contributed by atoms with E-state index in [1.54, 1.807) is 24.3 Å². The number of rotatable bonds is 5. The molecule has 0 spiro atoms. The van der Waals surface area contributed by atoms with E-state index in [9.17, 15) is 15.0 Å². The molecule has 0 heterocycles. The lowest BCUT2D eigenvalue weighted by Gasteiger charge is -2.17. The highest BCUT2D eigenvalue weighted by Gasteiger charge is 2.17. The Hall–Kier alpha value is -1.13. The molecule has 0 saturated heterocycles. The number of carbonyl (C=O) groups excluding carboxylic acids is 1. The monoisotopic (exact) mass is 239 g/mol. The lowest BCUT2D eigenvalue weighted by Crippen LogP contribution is -2.18. The van der Waals surface area contributed by atoms with Crippen LogP contribution in [0.15, 0.2) is 29.3 Å². The number of hydrogen-bond donors (Lipinski definition) is 3. The van der Waals surface area contributed by atoms with Gasteiger partial charge in [0.05, 0.1) is 11.8 Å². The lowest BCUT2D eigenvalue weighted by atomic mass is 10.0. The fourth-order valence-corrected chi connectivity index (χ4v) is 1.58. The molecule has 0 fully saturated rings. The maximum Gasteiger partial charge on any atom is 0.240 e. The summed E-state index contributed by atoms with van der Waals surface area (Å²) in [5.74, 6) is 0.506. The zero-order valence-corrected chi connectivity index (χ0v) is 9.47. The molecule has 2 atom stereocenters. The van der Waals surface area contributed by atoms with E-state index in [-0.39, 0.29) is 0 Å². The predicted octanol–water partition coefficient (Wildman–Crippen LogP) is 1.37. The zero-order valence-electron chi connectivity index (χ0n) is 8.58. The van der Waals surface area contributed by atoms with E-state index in [0.717, 1.165) is 0 Å². The van der Waals surface area contributed by atoms with Crippen LogP contribution in [0.3, 0.4) is 0 Å². The summed E-state index contributed by atoms with van der Waals surface area (Å²) < 4.78 is 0. The Morgan fingerprint density at radius 2 is 1.94 bits per heavy atom. The van der Waals surface area contributed by atoms with Crippen LogP contribution >= 0.6 is 12.6 Å². The maximum absolute atomic E-state index is 10.00. The number of aliphatic imine (C=N–C) groups is 1. The first-order valence-corrected chi connectivity index (χ1v) is 5.47. The van der Waals surface area contributed by atoms with Crippen LogP contribution in [0.25, 0.3) is 0 Å². The van der Waals surface area contributed by atoms with Gasteiger partial charge in [0.25, 0.3) is 0 Å². The molecule has 0 bridgehead atoms. The minimum Gasteiger partial charge on any atom is -0.390 e. The highest BCUT2D eigenvalue weighted by Crippen LogP contribution is 2.21. The minimum absolute atomic E-state index is 0.415. The van der Waals surface area contributed by atoms with E-state index < -0.39 is 12.2 Å². The van der Waals surface area contributed by atoms with Crippen molar-refractivity contribution >= 4 is 24.4 Å². The van der Waals surface area contributed by atoms with Gasteiger partial charge >= 0.3 is 0 Å². The van der Waals surface area contributed by atoms with E-state index >= 15 is 0 Å². The predicted molar refractivity (Wildman–Crippen MR) is 63.7 cm³/mol. The van der Waals surface area contributed by atoms with E-state index in [4.69, 9.17) is 0 Å². The van der Waals surface area contributed by atoms with Crippen LogP contribution in [0.5, 0.6) is 0 Å². The quantitative estimate of drug-likeness (QED) is 0.413. The van der Waals surface area contributed by atoms with Crippen molar-refractivity contribution in [2.75, 3.05) is 5.75 Å². The maximum atomic E-state index is 10.00. The first kappa shape index (κ1) is 12.9. The third-order valence-electron chi connectivity index (χ3n) is 2.20. The van der Waals surface area contributed by atoms with Crippen molar-refractivity contribution in [3.63, 3.8) is 0 Å². The molecule has 86 valence electrons. The molecule has 16 heavy (non-hydrogen) atoms. The van der Waals surface area contributed by atoms with Gasteiger partial charge < -0.3 is 10.2 Å². The molecule has 5 heteroatoms. The molecule has 0 saturated carbocycles. The molecule has 2 N–H and O–H groups in total. The number of hydrogen-bond acceptors (Lipinski definition) is 5. The minimum atomic E-state index is -0.943. The second-order valence-electron chi connectivity index (χ2n) is 3.32. The summed E-state index contributed by atoms with van der Waals surface area (Å²) in [5.41, 5.74) is 1.05. The summed E-state index contributed by atoms with van der Waals surface area (Å²) in [6.45, 7) is 0. The molecular formula is C11H13NO3S. The van der Waals surface area contributed by atoms with Gasteiger partial charge in [-0.1, -0.05) is 12.1 Å². The molecule has 0 aromatic heterocycles. The summed E-state index contributed by atoms with van der Waals surface area (Å²) in [6, 6.07) is 6.39. The van der Waals surface area contributed by atoms with Crippen LogP contribution in [0, 0.1) is 0 Å². The molecule has 1 rings (SSSR count). The van der Waals surface area contributed by atoms with Crippen molar-refractivity contribution < 1.29 is 15.0 Å². The second kappa shape index (κ2) is 6.45. The highest BCUT2D eigenvalue weighted by atomic mass is 32.1. The van der Waals surface area contributed by atoms with Crippen LogP contribution in [0.1, 0.15) is 18.1 Å². The van der Waals surface area contributed by atoms with Crippen molar-refractivity contribution in [2.24, 2.45) is 4.99 Å². The molecular weight excluding hydrogens is 226 g/mol. The number of isocyanates is 1. The standard InChI is InChI=1S/C11H13NO3S/c13-7-12-9-3-1-8(2-4-9)11(15)10(14)5-6-16/h1-4,10-11,14-16H,5-6H2. The summed E-state index contributed by atoms with van der Waals surface area (Å²) in [6.07, 6.45) is 0.0656. The summed E-state index contributed by atoms with van der Waals surface area (Å²) in [5, 5.41) is 19.3. The van der Waals surface area contributed by atoms with E-state index in [2.05, 4.69) is 17.6 Å². The van der Waals surface area contributed by atoms with Crippen molar-refractivity contribution in [3.05, 3.63) is 29.8 Å². The Morgan fingerprint density at radius 3 is 2.44 bits per heavy atom. The van der Waals surface area contributed by atoms with Gasteiger partial charge in [0, 0.05) is 0 Å². The molecule has 0 aliphatic carbocycles. The molecule has 0 aliphatic rings. The van der Waals surface area contributed by atoms with Crippen molar-refractivity contribution in [2.45, 2.75) is 18.6 Å². The van der Waals surface area contributed by atoms with Gasteiger partial charge in [0.1, 0.15) is 6.10 Å². The molecule has 1 aromatic carbocycles. The molecule has 4 nitrogen and oxygen atoms in total. The van der Waals surface area contributed by atoms with Crippen molar-refractivity contribution in [1.29, 1.82) is 0 Å². The Labute approximate surface area is 99.1 Å². The van der Waals surface area contributed by atoms with Gasteiger partial charge in [0.15, 0.2) is 0 Å². The number of benzene rings is 1. The molecule has 1 aromatic rings. The van der Waals surface area contributed by atoms with Crippen LogP contribution < -0.4 is 0 Å². The SMILES string of the molecule is O=C=Nc1ccc(C(O)C(O)CCS)cc1. The Kier molecular flexibility index (Phi) is 5.22. The van der Waals surface area contributed by atoms with Gasteiger partial charge in [0.2, 0.25) is 6.08 Å². The lowest BCUT2D eigenvalue weighted by molar-refractivity contribution is 0.0172. The number of aliphatic hydroxyl groups is 2. The van der Waals surface area contributed by atoms with Gasteiger partial charge in [-0.05, 0) is 29.9 Å². The van der Waals surface area contributed by atoms with Crippen LogP contribution in [0.4, 0.5) is 5.69 Å². The highest BCUT2D eigenvalue weighted by molar-refractivity contribution is 7.80. The van der Waals surface area contributed by atoms with Gasteiger partial charge in [-0.15, -0.1) is 0 Å². The second-order valence-corrected chi connectivity index (χ2v) is 3.77. The first-order valence-electron chi connectivity index (χ1n) is 4.84. The van der Waals surface area contributed by atoms with E-state index in [1.165, 1.54) is 6.08 Å². The first-order chi connectivity index (χ1) is 7.69. The number of thiol groups is 1.